The van der Waals surface area contributed by atoms with Crippen molar-refractivity contribution in [3.8, 4) is 16.9 Å². The van der Waals surface area contributed by atoms with Crippen LogP contribution in [0.1, 0.15) is 47.8 Å². The molecule has 0 aliphatic rings. The van der Waals surface area contributed by atoms with Gasteiger partial charge < -0.3 is 14.2 Å². The highest BCUT2D eigenvalue weighted by atomic mass is 16.5. The van der Waals surface area contributed by atoms with E-state index in [-0.39, 0.29) is 5.91 Å². The predicted octanol–water partition coefficient (Wildman–Crippen LogP) is 7.04. The Morgan fingerprint density at radius 3 is 2.37 bits per heavy atom. The molecule has 3 aromatic carbocycles. The van der Waals surface area contributed by atoms with Crippen LogP contribution in [-0.4, -0.2) is 29.0 Å². The number of ether oxygens (including phenoxy) is 1. The minimum Gasteiger partial charge on any atom is -0.497 e. The van der Waals surface area contributed by atoms with E-state index in [1.54, 1.807) is 7.11 Å². The van der Waals surface area contributed by atoms with Gasteiger partial charge >= 0.3 is 0 Å². The Kier molecular flexibility index (Phi) is 8.39. The van der Waals surface area contributed by atoms with Crippen molar-refractivity contribution in [2.45, 2.75) is 39.3 Å². The van der Waals surface area contributed by atoms with Crippen molar-refractivity contribution in [1.82, 2.24) is 9.47 Å². The summed E-state index contributed by atoms with van der Waals surface area (Å²) in [5.74, 6) is 0.932. The molecule has 0 saturated heterocycles. The summed E-state index contributed by atoms with van der Waals surface area (Å²) in [5.41, 5.74) is 5.29. The number of rotatable bonds is 11. The lowest BCUT2D eigenvalue weighted by atomic mass is 10.0. The fraction of sp³-hybridized carbons (Fsp3) is 0.258. The normalized spacial score (nSPS) is 10.8. The van der Waals surface area contributed by atoms with Gasteiger partial charge in [-0.15, -0.1) is 0 Å². The van der Waals surface area contributed by atoms with Gasteiger partial charge in [0.15, 0.2) is 0 Å². The molecule has 0 unspecified atom stereocenters. The largest absolute Gasteiger partial charge is 0.497 e. The van der Waals surface area contributed by atoms with Crippen molar-refractivity contribution >= 4 is 5.91 Å². The molecule has 0 aliphatic heterocycles. The van der Waals surface area contributed by atoms with Gasteiger partial charge in [-0.05, 0) is 59.5 Å². The summed E-state index contributed by atoms with van der Waals surface area (Å²) < 4.78 is 7.59. The molecule has 4 heteroatoms. The van der Waals surface area contributed by atoms with Gasteiger partial charge in [-0.2, -0.15) is 0 Å². The first kappa shape index (κ1) is 24.3. The fourth-order valence-corrected chi connectivity index (χ4v) is 4.33. The summed E-state index contributed by atoms with van der Waals surface area (Å²) in [6.07, 6.45) is 5.32. The number of hydrogen-bond acceptors (Lipinski definition) is 2. The van der Waals surface area contributed by atoms with E-state index in [0.717, 1.165) is 60.5 Å². The second-order valence-electron chi connectivity index (χ2n) is 8.86. The van der Waals surface area contributed by atoms with E-state index in [2.05, 4.69) is 54.1 Å². The lowest BCUT2D eigenvalue weighted by molar-refractivity contribution is 0.0736. The molecule has 180 valence electrons. The van der Waals surface area contributed by atoms with E-state index in [9.17, 15) is 4.79 Å². The molecule has 1 aromatic heterocycles. The molecule has 4 nitrogen and oxygen atoms in total. The minimum atomic E-state index is 0.0786. The topological polar surface area (TPSA) is 34.5 Å². The molecular weight excluding hydrogens is 432 g/mol. The van der Waals surface area contributed by atoms with Gasteiger partial charge in [0.1, 0.15) is 5.75 Å². The van der Waals surface area contributed by atoms with Crippen LogP contribution in [-0.2, 0) is 13.1 Å². The zero-order chi connectivity index (χ0) is 24.5. The molecule has 0 aliphatic carbocycles. The van der Waals surface area contributed by atoms with Crippen molar-refractivity contribution in [3.63, 3.8) is 0 Å². The van der Waals surface area contributed by atoms with Crippen LogP contribution in [0.5, 0.6) is 5.75 Å². The van der Waals surface area contributed by atoms with E-state index >= 15 is 0 Å². The molecule has 0 atom stereocenters. The Morgan fingerprint density at radius 2 is 1.63 bits per heavy atom. The first-order chi connectivity index (χ1) is 17.2. The molecule has 1 heterocycles. The van der Waals surface area contributed by atoms with E-state index in [1.165, 1.54) is 5.56 Å². The highest BCUT2D eigenvalue weighted by molar-refractivity contribution is 5.94. The summed E-state index contributed by atoms with van der Waals surface area (Å²) >= 11 is 0. The average Bonchev–Trinajstić information content (AvgIpc) is 3.34. The van der Waals surface area contributed by atoms with Gasteiger partial charge in [-0.3, -0.25) is 4.79 Å². The highest BCUT2D eigenvalue weighted by Crippen LogP contribution is 2.21. The van der Waals surface area contributed by atoms with Gasteiger partial charge in [0.05, 0.1) is 13.7 Å². The van der Waals surface area contributed by atoms with Gasteiger partial charge in [-0.1, -0.05) is 74.4 Å². The van der Waals surface area contributed by atoms with E-state index < -0.39 is 0 Å². The van der Waals surface area contributed by atoms with E-state index in [1.807, 2.05) is 59.5 Å². The van der Waals surface area contributed by atoms with Crippen molar-refractivity contribution in [2.24, 2.45) is 0 Å². The zero-order valence-corrected chi connectivity index (χ0v) is 20.7. The Hall–Kier alpha value is -3.79. The number of nitrogens with zero attached hydrogens (tertiary/aromatic N) is 2. The lowest BCUT2D eigenvalue weighted by Gasteiger charge is -2.24. The van der Waals surface area contributed by atoms with Crippen LogP contribution in [0, 0.1) is 0 Å². The van der Waals surface area contributed by atoms with Crippen molar-refractivity contribution < 1.29 is 9.53 Å². The van der Waals surface area contributed by atoms with Crippen LogP contribution in [0.3, 0.4) is 0 Å². The van der Waals surface area contributed by atoms with Gasteiger partial charge in [0.25, 0.3) is 5.91 Å². The van der Waals surface area contributed by atoms with Crippen LogP contribution >= 0.6 is 0 Å². The lowest BCUT2D eigenvalue weighted by Crippen LogP contribution is -2.32. The van der Waals surface area contributed by atoms with Crippen LogP contribution in [0.25, 0.3) is 11.1 Å². The molecule has 0 fully saturated rings. The number of aromatic nitrogens is 1. The molecule has 4 rings (SSSR count). The Labute approximate surface area is 208 Å². The van der Waals surface area contributed by atoms with E-state index in [0.29, 0.717) is 6.54 Å². The molecule has 0 bridgehead atoms. The maximum atomic E-state index is 13.6. The second kappa shape index (κ2) is 12.1. The monoisotopic (exact) mass is 466 g/mol. The quantitative estimate of drug-likeness (QED) is 0.222. The first-order valence-electron chi connectivity index (χ1n) is 12.4. The molecule has 0 saturated carbocycles. The molecule has 0 radical (unpaired) electrons. The van der Waals surface area contributed by atoms with Crippen molar-refractivity contribution in [2.75, 3.05) is 13.7 Å². The Bertz CT molecular complexity index is 1210. The highest BCUT2D eigenvalue weighted by Gasteiger charge is 2.18. The predicted molar refractivity (Wildman–Crippen MR) is 143 cm³/mol. The van der Waals surface area contributed by atoms with Crippen LogP contribution in [0.15, 0.2) is 97.2 Å². The number of amides is 1. The van der Waals surface area contributed by atoms with Crippen molar-refractivity contribution in [3.05, 3.63) is 114 Å². The third-order valence-electron chi connectivity index (χ3n) is 6.32. The van der Waals surface area contributed by atoms with E-state index in [4.69, 9.17) is 4.74 Å². The molecule has 35 heavy (non-hydrogen) atoms. The summed E-state index contributed by atoms with van der Waals surface area (Å²) in [6, 6.07) is 30.5. The number of unbranched alkanes of at least 4 members (excludes halogenated alkanes) is 2. The maximum absolute atomic E-state index is 13.6. The van der Waals surface area contributed by atoms with Gasteiger partial charge in [0.2, 0.25) is 0 Å². The molecule has 0 N–H and O–H groups in total. The molecule has 0 spiro atoms. The first-order valence-corrected chi connectivity index (χ1v) is 12.4. The summed E-state index contributed by atoms with van der Waals surface area (Å²) in [6.45, 7) is 4.26. The summed E-state index contributed by atoms with van der Waals surface area (Å²) in [7, 11) is 1.69. The summed E-state index contributed by atoms with van der Waals surface area (Å²) in [5, 5.41) is 0. The molecular formula is C31H34N2O2. The van der Waals surface area contributed by atoms with Crippen LogP contribution in [0.4, 0.5) is 0 Å². The summed E-state index contributed by atoms with van der Waals surface area (Å²) in [4.78, 5) is 15.6. The second-order valence-corrected chi connectivity index (χ2v) is 8.86. The molecule has 1 amide bonds. The fourth-order valence-electron chi connectivity index (χ4n) is 4.33. The average molecular weight is 467 g/mol. The maximum Gasteiger partial charge on any atom is 0.254 e. The standard InChI is InChI=1S/C31H34N2O2/c1-3-4-8-20-33(31(34)28-18-16-27(17-19-28)26-12-6-5-7-13-26)24-29-14-10-21-32(29)23-25-11-9-15-30(22-25)35-2/h5-7,9-19,21-22H,3-4,8,20,23-24H2,1-2H3. The Morgan fingerprint density at radius 1 is 0.857 bits per heavy atom. The third kappa shape index (κ3) is 6.42. The van der Waals surface area contributed by atoms with Crippen LogP contribution in [0.2, 0.25) is 0 Å². The van der Waals surface area contributed by atoms with Crippen LogP contribution < -0.4 is 4.74 Å². The zero-order valence-electron chi connectivity index (χ0n) is 20.7. The Balaban J connectivity index is 1.52. The number of methoxy groups -OCH3 is 1. The number of carbonyl (C=O) groups is 1. The number of carbonyl (C=O) groups excluding carboxylic acids is 1. The van der Waals surface area contributed by atoms with Gasteiger partial charge in [-0.25, -0.2) is 0 Å². The SMILES string of the molecule is CCCCCN(Cc1cccn1Cc1cccc(OC)c1)C(=O)c1ccc(-c2ccccc2)cc1. The van der Waals surface area contributed by atoms with Gasteiger partial charge in [0, 0.05) is 30.5 Å². The number of benzene rings is 3. The third-order valence-corrected chi connectivity index (χ3v) is 6.32. The number of hydrogen-bond donors (Lipinski definition) is 0. The van der Waals surface area contributed by atoms with Crippen molar-refractivity contribution in [1.29, 1.82) is 0 Å². The molecule has 4 aromatic rings. The minimum absolute atomic E-state index is 0.0786. The smallest absolute Gasteiger partial charge is 0.254 e.